The molecule has 60 valence electrons. The summed E-state index contributed by atoms with van der Waals surface area (Å²) in [6.07, 6.45) is -3.38. The van der Waals surface area contributed by atoms with Gasteiger partial charge in [0.05, 0.1) is 5.41 Å². The van der Waals surface area contributed by atoms with Crippen molar-refractivity contribution < 1.29 is 13.2 Å². The second-order valence-corrected chi connectivity index (χ2v) is 3.57. The van der Waals surface area contributed by atoms with Crippen LogP contribution >= 0.6 is 0 Å². The van der Waals surface area contributed by atoms with E-state index in [0.29, 0.717) is 12.8 Å². The first-order chi connectivity index (χ1) is 4.35. The van der Waals surface area contributed by atoms with Crippen LogP contribution < -0.4 is 0 Å². The second kappa shape index (κ2) is 1.89. The molecule has 0 aliphatic heterocycles. The maximum atomic E-state index is 12.1. The van der Waals surface area contributed by atoms with Gasteiger partial charge in [-0.3, -0.25) is 0 Å². The van der Waals surface area contributed by atoms with Crippen molar-refractivity contribution in [3.05, 3.63) is 0 Å². The molecule has 0 aromatic rings. The summed E-state index contributed by atoms with van der Waals surface area (Å²) >= 11 is 0. The minimum atomic E-state index is -3.99. The molecule has 0 heterocycles. The first-order valence-electron chi connectivity index (χ1n) is 3.42. The van der Waals surface area contributed by atoms with Crippen LogP contribution in [0.4, 0.5) is 13.2 Å². The standard InChI is InChI=1S/C7H11F3/c1-5-3-6(2,4-5)7(8,9)10/h5H,3-4H2,1-2H3/t5-,6-. The number of rotatable bonds is 0. The van der Waals surface area contributed by atoms with Gasteiger partial charge in [-0.2, -0.15) is 13.2 Å². The van der Waals surface area contributed by atoms with Crippen LogP contribution in [-0.4, -0.2) is 6.18 Å². The van der Waals surface area contributed by atoms with Gasteiger partial charge in [0, 0.05) is 0 Å². The van der Waals surface area contributed by atoms with Gasteiger partial charge in [0.25, 0.3) is 0 Å². The molecule has 3 heteroatoms. The third-order valence-electron chi connectivity index (χ3n) is 2.28. The highest BCUT2D eigenvalue weighted by molar-refractivity contribution is 4.93. The van der Waals surface area contributed by atoms with E-state index in [-0.39, 0.29) is 5.92 Å². The third kappa shape index (κ3) is 1.02. The summed E-state index contributed by atoms with van der Waals surface area (Å²) in [5.74, 6) is 0.256. The minimum absolute atomic E-state index is 0.256. The smallest absolute Gasteiger partial charge is 0.171 e. The van der Waals surface area contributed by atoms with Crippen molar-refractivity contribution in [2.24, 2.45) is 11.3 Å². The van der Waals surface area contributed by atoms with Crippen molar-refractivity contribution in [2.45, 2.75) is 32.9 Å². The van der Waals surface area contributed by atoms with E-state index in [9.17, 15) is 13.2 Å². The van der Waals surface area contributed by atoms with E-state index >= 15 is 0 Å². The van der Waals surface area contributed by atoms with Crippen molar-refractivity contribution in [3.63, 3.8) is 0 Å². The van der Waals surface area contributed by atoms with Crippen LogP contribution in [0.25, 0.3) is 0 Å². The Hall–Kier alpha value is -0.210. The largest absolute Gasteiger partial charge is 0.394 e. The molecular weight excluding hydrogens is 141 g/mol. The van der Waals surface area contributed by atoms with E-state index in [1.54, 1.807) is 0 Å². The van der Waals surface area contributed by atoms with E-state index in [0.717, 1.165) is 0 Å². The molecule has 1 aliphatic carbocycles. The number of hydrogen-bond donors (Lipinski definition) is 0. The lowest BCUT2D eigenvalue weighted by Crippen LogP contribution is -2.45. The Morgan fingerprint density at radius 3 is 1.80 bits per heavy atom. The molecule has 0 saturated heterocycles. The average molecular weight is 152 g/mol. The molecule has 1 rings (SSSR count). The predicted molar refractivity (Wildman–Crippen MR) is 32.6 cm³/mol. The van der Waals surface area contributed by atoms with Gasteiger partial charge in [-0.1, -0.05) is 13.8 Å². The summed E-state index contributed by atoms with van der Waals surface area (Å²) < 4.78 is 36.2. The SMILES string of the molecule is C[C@H]1C[C@](C)(C(F)(F)F)C1. The monoisotopic (exact) mass is 152 g/mol. The topological polar surface area (TPSA) is 0 Å². The molecule has 0 N–H and O–H groups in total. The Morgan fingerprint density at radius 1 is 1.30 bits per heavy atom. The molecular formula is C7H11F3. The molecule has 0 aromatic carbocycles. The van der Waals surface area contributed by atoms with E-state index in [4.69, 9.17) is 0 Å². The zero-order valence-electron chi connectivity index (χ0n) is 6.13. The van der Waals surface area contributed by atoms with Gasteiger partial charge in [0.1, 0.15) is 0 Å². The molecule has 0 nitrogen and oxygen atoms in total. The van der Waals surface area contributed by atoms with E-state index in [2.05, 4.69) is 0 Å². The predicted octanol–water partition coefficient (Wildman–Crippen LogP) is 2.98. The molecule has 0 radical (unpaired) electrons. The van der Waals surface area contributed by atoms with Gasteiger partial charge in [-0.25, -0.2) is 0 Å². The molecule has 10 heavy (non-hydrogen) atoms. The summed E-state index contributed by atoms with van der Waals surface area (Å²) in [7, 11) is 0. The average Bonchev–Trinajstić information content (AvgIpc) is 1.58. The lowest BCUT2D eigenvalue weighted by atomic mass is 9.63. The Morgan fingerprint density at radius 2 is 1.70 bits per heavy atom. The van der Waals surface area contributed by atoms with E-state index in [1.807, 2.05) is 6.92 Å². The molecule has 0 spiro atoms. The zero-order chi connectivity index (χ0) is 7.99. The van der Waals surface area contributed by atoms with Crippen molar-refractivity contribution in [3.8, 4) is 0 Å². The fourth-order valence-corrected chi connectivity index (χ4v) is 1.71. The fourth-order valence-electron chi connectivity index (χ4n) is 1.71. The summed E-state index contributed by atoms with van der Waals surface area (Å²) in [5, 5.41) is 0. The first kappa shape index (κ1) is 7.89. The normalized spacial score (nSPS) is 41.1. The van der Waals surface area contributed by atoms with Gasteiger partial charge in [-0.15, -0.1) is 0 Å². The van der Waals surface area contributed by atoms with Crippen molar-refractivity contribution in [1.82, 2.24) is 0 Å². The number of halogens is 3. The lowest BCUT2D eigenvalue weighted by Gasteiger charge is -2.44. The van der Waals surface area contributed by atoms with Crippen molar-refractivity contribution in [1.29, 1.82) is 0 Å². The quantitative estimate of drug-likeness (QED) is 0.500. The maximum Gasteiger partial charge on any atom is 0.394 e. The molecule has 0 unspecified atom stereocenters. The Kier molecular flexibility index (Phi) is 1.49. The van der Waals surface area contributed by atoms with E-state index < -0.39 is 11.6 Å². The van der Waals surface area contributed by atoms with Crippen LogP contribution in [0.5, 0.6) is 0 Å². The highest BCUT2D eigenvalue weighted by Gasteiger charge is 2.57. The fraction of sp³-hybridized carbons (Fsp3) is 1.00. The van der Waals surface area contributed by atoms with Crippen LogP contribution in [0.3, 0.4) is 0 Å². The van der Waals surface area contributed by atoms with Gasteiger partial charge >= 0.3 is 6.18 Å². The first-order valence-corrected chi connectivity index (χ1v) is 3.42. The molecule has 0 aromatic heterocycles. The van der Waals surface area contributed by atoms with Crippen molar-refractivity contribution in [2.75, 3.05) is 0 Å². The molecule has 0 atom stereocenters. The number of alkyl halides is 3. The van der Waals surface area contributed by atoms with Crippen LogP contribution in [-0.2, 0) is 0 Å². The second-order valence-electron chi connectivity index (χ2n) is 3.57. The van der Waals surface area contributed by atoms with Gasteiger partial charge in [-0.05, 0) is 18.8 Å². The summed E-state index contributed by atoms with van der Waals surface area (Å²) in [4.78, 5) is 0. The molecule has 1 aliphatic rings. The van der Waals surface area contributed by atoms with Crippen molar-refractivity contribution >= 4 is 0 Å². The highest BCUT2D eigenvalue weighted by atomic mass is 19.4. The third-order valence-corrected chi connectivity index (χ3v) is 2.28. The van der Waals surface area contributed by atoms with Gasteiger partial charge in [0.15, 0.2) is 0 Å². The van der Waals surface area contributed by atoms with Gasteiger partial charge < -0.3 is 0 Å². The van der Waals surface area contributed by atoms with E-state index in [1.165, 1.54) is 6.92 Å². The lowest BCUT2D eigenvalue weighted by molar-refractivity contribution is -0.254. The zero-order valence-corrected chi connectivity index (χ0v) is 6.13. The molecule has 0 amide bonds. The maximum absolute atomic E-state index is 12.1. The Balaban J connectivity index is 2.57. The van der Waals surface area contributed by atoms with Gasteiger partial charge in [0.2, 0.25) is 0 Å². The summed E-state index contributed by atoms with van der Waals surface area (Å²) in [6.45, 7) is 3.15. The molecule has 1 saturated carbocycles. The Bertz CT molecular complexity index is 130. The van der Waals surface area contributed by atoms with Crippen LogP contribution in [0, 0.1) is 11.3 Å². The Labute approximate surface area is 58.4 Å². The van der Waals surface area contributed by atoms with Crippen LogP contribution in [0.2, 0.25) is 0 Å². The summed E-state index contributed by atoms with van der Waals surface area (Å²) in [5.41, 5.74) is -1.37. The van der Waals surface area contributed by atoms with Crippen LogP contribution in [0.1, 0.15) is 26.7 Å². The number of hydrogen-bond acceptors (Lipinski definition) is 0. The highest BCUT2D eigenvalue weighted by Crippen LogP contribution is 2.55. The minimum Gasteiger partial charge on any atom is -0.171 e. The molecule has 1 fully saturated rings. The molecule has 0 bridgehead atoms. The summed E-state index contributed by atoms with van der Waals surface area (Å²) in [6, 6.07) is 0. The van der Waals surface area contributed by atoms with Crippen LogP contribution in [0.15, 0.2) is 0 Å².